The second-order valence-corrected chi connectivity index (χ2v) is 6.12. The molecular formula is C14H28N2O. The summed E-state index contributed by atoms with van der Waals surface area (Å²) in [5.41, 5.74) is -0.261. The van der Waals surface area contributed by atoms with Crippen LogP contribution in [0.2, 0.25) is 0 Å². The zero-order chi connectivity index (χ0) is 12.7. The van der Waals surface area contributed by atoms with Gasteiger partial charge >= 0.3 is 0 Å². The van der Waals surface area contributed by atoms with Gasteiger partial charge in [-0.3, -0.25) is 4.79 Å². The predicted molar refractivity (Wildman–Crippen MR) is 72.0 cm³/mol. The summed E-state index contributed by atoms with van der Waals surface area (Å²) in [7, 11) is 0. The third-order valence-corrected chi connectivity index (χ3v) is 3.32. The Bertz CT molecular complexity index is 225. The van der Waals surface area contributed by atoms with E-state index >= 15 is 0 Å². The highest BCUT2D eigenvalue weighted by atomic mass is 16.2. The van der Waals surface area contributed by atoms with Gasteiger partial charge in [0.15, 0.2) is 0 Å². The number of carbonyl (C=O) groups excluding carboxylic acids is 1. The third kappa shape index (κ3) is 6.06. The summed E-state index contributed by atoms with van der Waals surface area (Å²) < 4.78 is 0. The largest absolute Gasteiger partial charge is 0.356 e. The van der Waals surface area contributed by atoms with Gasteiger partial charge in [-0.2, -0.15) is 0 Å². The van der Waals surface area contributed by atoms with E-state index in [-0.39, 0.29) is 11.3 Å². The number of nitrogens with zero attached hydrogens (tertiary/aromatic N) is 1. The van der Waals surface area contributed by atoms with Crippen LogP contribution in [0.5, 0.6) is 0 Å². The van der Waals surface area contributed by atoms with E-state index in [0.29, 0.717) is 0 Å². The summed E-state index contributed by atoms with van der Waals surface area (Å²) in [4.78, 5) is 14.2. The van der Waals surface area contributed by atoms with Gasteiger partial charge in [0.2, 0.25) is 5.91 Å². The number of rotatable bonds is 4. The average molecular weight is 240 g/mol. The Labute approximate surface area is 106 Å². The van der Waals surface area contributed by atoms with Gasteiger partial charge < -0.3 is 10.2 Å². The van der Waals surface area contributed by atoms with Gasteiger partial charge in [0.05, 0.1) is 0 Å². The van der Waals surface area contributed by atoms with Crippen molar-refractivity contribution in [3.8, 4) is 0 Å². The maximum atomic E-state index is 11.6. The van der Waals surface area contributed by atoms with Crippen molar-refractivity contribution in [3.05, 3.63) is 0 Å². The first-order valence-corrected chi connectivity index (χ1v) is 7.01. The Morgan fingerprint density at radius 3 is 2.24 bits per heavy atom. The van der Waals surface area contributed by atoms with E-state index < -0.39 is 0 Å². The van der Waals surface area contributed by atoms with Crippen LogP contribution in [0.25, 0.3) is 0 Å². The molecule has 3 nitrogen and oxygen atoms in total. The van der Waals surface area contributed by atoms with Crippen molar-refractivity contribution >= 4 is 5.91 Å². The Morgan fingerprint density at radius 1 is 1.12 bits per heavy atom. The highest BCUT2D eigenvalue weighted by Crippen LogP contribution is 2.12. The van der Waals surface area contributed by atoms with Crippen LogP contribution in [0.15, 0.2) is 0 Å². The number of amides is 1. The number of nitrogens with one attached hydrogen (secondary N) is 1. The van der Waals surface area contributed by atoms with E-state index in [1.807, 2.05) is 20.8 Å². The fourth-order valence-electron chi connectivity index (χ4n) is 2.13. The molecule has 0 radical (unpaired) electrons. The van der Waals surface area contributed by atoms with Gasteiger partial charge in [-0.25, -0.2) is 0 Å². The van der Waals surface area contributed by atoms with Gasteiger partial charge in [-0.1, -0.05) is 33.6 Å². The zero-order valence-corrected chi connectivity index (χ0v) is 11.7. The number of carbonyl (C=O) groups is 1. The van der Waals surface area contributed by atoms with Gasteiger partial charge in [0.25, 0.3) is 0 Å². The van der Waals surface area contributed by atoms with E-state index in [9.17, 15) is 4.79 Å². The summed E-state index contributed by atoms with van der Waals surface area (Å²) in [5.74, 6) is 0.161. The summed E-state index contributed by atoms with van der Waals surface area (Å²) >= 11 is 0. The molecule has 0 saturated carbocycles. The molecule has 1 amide bonds. The maximum Gasteiger partial charge on any atom is 0.225 e. The highest BCUT2D eigenvalue weighted by molar-refractivity contribution is 5.81. The molecule has 100 valence electrons. The predicted octanol–water partition coefficient (Wildman–Crippen LogP) is 2.41. The minimum atomic E-state index is -0.261. The second-order valence-electron chi connectivity index (χ2n) is 6.12. The molecule has 1 fully saturated rings. The molecule has 1 heterocycles. The van der Waals surface area contributed by atoms with E-state index in [4.69, 9.17) is 0 Å². The maximum absolute atomic E-state index is 11.6. The number of likely N-dealkylation sites (tertiary alicyclic amines) is 1. The van der Waals surface area contributed by atoms with E-state index in [1.165, 1.54) is 38.8 Å². The van der Waals surface area contributed by atoms with Crippen molar-refractivity contribution in [1.29, 1.82) is 0 Å². The molecule has 0 spiro atoms. The lowest BCUT2D eigenvalue weighted by Crippen LogP contribution is -2.36. The lowest BCUT2D eigenvalue weighted by Gasteiger charge is -2.21. The molecule has 0 aromatic carbocycles. The lowest BCUT2D eigenvalue weighted by molar-refractivity contribution is -0.128. The Kier molecular flexibility index (Phi) is 5.96. The van der Waals surface area contributed by atoms with Crippen LogP contribution in [0.3, 0.4) is 0 Å². The van der Waals surface area contributed by atoms with Crippen LogP contribution < -0.4 is 5.32 Å². The molecule has 0 aromatic heterocycles. The molecule has 0 bridgehead atoms. The van der Waals surface area contributed by atoms with E-state index in [0.717, 1.165) is 19.5 Å². The molecule has 1 N–H and O–H groups in total. The molecule has 1 rings (SSSR count). The number of hydrogen-bond acceptors (Lipinski definition) is 2. The van der Waals surface area contributed by atoms with Gasteiger partial charge in [0, 0.05) is 12.0 Å². The van der Waals surface area contributed by atoms with Crippen LogP contribution in [0.4, 0.5) is 0 Å². The third-order valence-electron chi connectivity index (χ3n) is 3.32. The summed E-state index contributed by atoms with van der Waals surface area (Å²) in [5, 5.41) is 3.01. The molecule has 1 saturated heterocycles. The zero-order valence-electron chi connectivity index (χ0n) is 11.7. The summed E-state index contributed by atoms with van der Waals surface area (Å²) in [6.45, 7) is 10.3. The molecular weight excluding hydrogens is 212 g/mol. The van der Waals surface area contributed by atoms with Crippen LogP contribution in [0.1, 0.15) is 52.9 Å². The summed E-state index contributed by atoms with van der Waals surface area (Å²) in [6.07, 6.45) is 6.53. The van der Waals surface area contributed by atoms with Crippen molar-refractivity contribution in [2.75, 3.05) is 26.2 Å². The molecule has 3 heteroatoms. The normalized spacial score (nSPS) is 18.8. The van der Waals surface area contributed by atoms with Gasteiger partial charge in [0.1, 0.15) is 0 Å². The molecule has 17 heavy (non-hydrogen) atoms. The second kappa shape index (κ2) is 7.00. The minimum absolute atomic E-state index is 0.161. The molecule has 0 unspecified atom stereocenters. The molecule has 0 aromatic rings. The molecule has 0 atom stereocenters. The van der Waals surface area contributed by atoms with Crippen LogP contribution in [0, 0.1) is 5.41 Å². The molecule has 1 aliphatic rings. The van der Waals surface area contributed by atoms with Crippen LogP contribution in [-0.2, 0) is 4.79 Å². The Morgan fingerprint density at radius 2 is 1.71 bits per heavy atom. The molecule has 1 aliphatic heterocycles. The Balaban J connectivity index is 2.09. The SMILES string of the molecule is CC(C)(C)C(=O)NCCCN1CCCCCC1. The average Bonchev–Trinajstić information content (AvgIpc) is 2.51. The van der Waals surface area contributed by atoms with Crippen molar-refractivity contribution < 1.29 is 4.79 Å². The monoisotopic (exact) mass is 240 g/mol. The summed E-state index contributed by atoms with van der Waals surface area (Å²) in [6, 6.07) is 0. The first-order chi connectivity index (χ1) is 8.00. The van der Waals surface area contributed by atoms with Crippen molar-refractivity contribution in [3.63, 3.8) is 0 Å². The minimum Gasteiger partial charge on any atom is -0.356 e. The van der Waals surface area contributed by atoms with Gasteiger partial charge in [-0.05, 0) is 38.9 Å². The van der Waals surface area contributed by atoms with Crippen molar-refractivity contribution in [2.24, 2.45) is 5.41 Å². The molecule has 0 aliphatic carbocycles. The van der Waals surface area contributed by atoms with Crippen molar-refractivity contribution in [2.45, 2.75) is 52.9 Å². The fourth-order valence-corrected chi connectivity index (χ4v) is 2.13. The standard InChI is InChI=1S/C14H28N2O/c1-14(2,3)13(17)15-9-8-12-16-10-6-4-5-7-11-16/h4-12H2,1-3H3,(H,15,17). The first kappa shape index (κ1) is 14.5. The van der Waals surface area contributed by atoms with E-state index in [2.05, 4.69) is 10.2 Å². The van der Waals surface area contributed by atoms with Gasteiger partial charge in [-0.15, -0.1) is 0 Å². The van der Waals surface area contributed by atoms with E-state index in [1.54, 1.807) is 0 Å². The van der Waals surface area contributed by atoms with Crippen molar-refractivity contribution in [1.82, 2.24) is 10.2 Å². The van der Waals surface area contributed by atoms with Crippen LogP contribution >= 0.6 is 0 Å². The smallest absolute Gasteiger partial charge is 0.225 e. The number of hydrogen-bond donors (Lipinski definition) is 1. The Hall–Kier alpha value is -0.570. The van der Waals surface area contributed by atoms with Crippen LogP contribution in [-0.4, -0.2) is 37.0 Å². The highest BCUT2D eigenvalue weighted by Gasteiger charge is 2.20. The first-order valence-electron chi connectivity index (χ1n) is 7.01. The quantitative estimate of drug-likeness (QED) is 0.765. The topological polar surface area (TPSA) is 32.3 Å². The fraction of sp³-hybridized carbons (Fsp3) is 0.929. The lowest BCUT2D eigenvalue weighted by atomic mass is 9.96.